The molecule has 1 N–H and O–H groups in total. The monoisotopic (exact) mass is 548 g/mol. The quantitative estimate of drug-likeness (QED) is 0.255. The van der Waals surface area contributed by atoms with Crippen LogP contribution in [0.4, 0.5) is 5.13 Å². The number of ether oxygens (including phenoxy) is 2. The van der Waals surface area contributed by atoms with Crippen molar-refractivity contribution in [3.8, 4) is 17.6 Å². The molecule has 12 heteroatoms. The Balaban J connectivity index is 1.81. The maximum Gasteiger partial charge on any atom is 0.268 e. The average Bonchev–Trinajstić information content (AvgIpc) is 3.26. The number of methoxy groups -OCH3 is 1. The first-order valence-electron chi connectivity index (χ1n) is 9.22. The SMILES string of the molecule is COc1cc(/C=C(/C#N)C(=O)Nc2nnc(S(C)(=O)=O)s2)cc(Br)c1OCc1ccccc1. The molecule has 0 saturated carbocycles. The van der Waals surface area contributed by atoms with Gasteiger partial charge in [-0.05, 0) is 45.3 Å². The Hall–Kier alpha value is -3.27. The van der Waals surface area contributed by atoms with Gasteiger partial charge in [0, 0.05) is 6.26 Å². The average molecular weight is 549 g/mol. The van der Waals surface area contributed by atoms with Crippen LogP contribution < -0.4 is 14.8 Å². The fourth-order valence-corrected chi connectivity index (χ4v) is 4.66. The molecular weight excluding hydrogens is 532 g/mol. The summed E-state index contributed by atoms with van der Waals surface area (Å²) in [6, 6.07) is 14.8. The third-order valence-corrected chi connectivity index (χ3v) is 7.19. The van der Waals surface area contributed by atoms with Crippen molar-refractivity contribution in [2.24, 2.45) is 0 Å². The Kier molecular flexibility index (Phi) is 7.80. The number of carbonyl (C=O) groups is 1. The van der Waals surface area contributed by atoms with Crippen molar-refractivity contribution in [2.75, 3.05) is 18.7 Å². The zero-order chi connectivity index (χ0) is 24.0. The highest BCUT2D eigenvalue weighted by Crippen LogP contribution is 2.37. The molecule has 3 rings (SSSR count). The number of benzene rings is 2. The van der Waals surface area contributed by atoms with E-state index in [0.29, 0.717) is 39.5 Å². The lowest BCUT2D eigenvalue weighted by Gasteiger charge is -2.14. The van der Waals surface area contributed by atoms with Gasteiger partial charge in [-0.25, -0.2) is 8.42 Å². The summed E-state index contributed by atoms with van der Waals surface area (Å²) in [6.45, 7) is 0.328. The summed E-state index contributed by atoms with van der Waals surface area (Å²) in [5.74, 6) is 0.128. The number of hydrogen-bond donors (Lipinski definition) is 1. The first-order valence-corrected chi connectivity index (χ1v) is 12.7. The number of nitrogens with zero attached hydrogens (tertiary/aromatic N) is 3. The molecule has 170 valence electrons. The number of halogens is 1. The lowest BCUT2D eigenvalue weighted by Crippen LogP contribution is -2.13. The Labute approximate surface area is 202 Å². The summed E-state index contributed by atoms with van der Waals surface area (Å²) >= 11 is 4.14. The smallest absolute Gasteiger partial charge is 0.268 e. The van der Waals surface area contributed by atoms with Crippen LogP contribution in [0.25, 0.3) is 6.08 Å². The van der Waals surface area contributed by atoms with Crippen LogP contribution in [0.15, 0.2) is 56.9 Å². The Bertz CT molecular complexity index is 1350. The molecule has 1 aromatic heterocycles. The van der Waals surface area contributed by atoms with Gasteiger partial charge in [-0.15, -0.1) is 10.2 Å². The largest absolute Gasteiger partial charge is 0.493 e. The maximum absolute atomic E-state index is 12.5. The number of nitrogens with one attached hydrogen (secondary N) is 1. The second-order valence-electron chi connectivity index (χ2n) is 6.58. The first-order chi connectivity index (χ1) is 15.7. The zero-order valence-electron chi connectivity index (χ0n) is 17.4. The van der Waals surface area contributed by atoms with Crippen molar-refractivity contribution < 1.29 is 22.7 Å². The van der Waals surface area contributed by atoms with Crippen LogP contribution in [0.3, 0.4) is 0 Å². The zero-order valence-corrected chi connectivity index (χ0v) is 20.6. The van der Waals surface area contributed by atoms with Crippen molar-refractivity contribution in [2.45, 2.75) is 10.9 Å². The molecule has 1 amide bonds. The molecule has 0 atom stereocenters. The number of aromatic nitrogens is 2. The number of hydrogen-bond acceptors (Lipinski definition) is 9. The van der Waals surface area contributed by atoms with Gasteiger partial charge < -0.3 is 9.47 Å². The van der Waals surface area contributed by atoms with Crippen molar-refractivity contribution in [1.29, 1.82) is 5.26 Å². The van der Waals surface area contributed by atoms with Crippen LogP contribution >= 0.6 is 27.3 Å². The molecular formula is C21H17BrN4O5S2. The minimum atomic E-state index is -3.55. The van der Waals surface area contributed by atoms with Crippen LogP contribution in [0.1, 0.15) is 11.1 Å². The number of nitriles is 1. The molecule has 0 aliphatic carbocycles. The molecule has 0 aliphatic heterocycles. The van der Waals surface area contributed by atoms with Crippen LogP contribution in [-0.2, 0) is 21.2 Å². The van der Waals surface area contributed by atoms with Crippen molar-refractivity contribution in [1.82, 2.24) is 10.2 Å². The minimum Gasteiger partial charge on any atom is -0.493 e. The van der Waals surface area contributed by atoms with E-state index in [1.807, 2.05) is 36.4 Å². The van der Waals surface area contributed by atoms with E-state index >= 15 is 0 Å². The van der Waals surface area contributed by atoms with E-state index in [9.17, 15) is 18.5 Å². The fraction of sp³-hybridized carbons (Fsp3) is 0.143. The predicted molar refractivity (Wildman–Crippen MR) is 127 cm³/mol. The summed E-state index contributed by atoms with van der Waals surface area (Å²) in [5, 5.41) is 18.9. The molecule has 0 fully saturated rings. The number of carbonyl (C=O) groups excluding carboxylic acids is 1. The van der Waals surface area contributed by atoms with E-state index in [1.165, 1.54) is 13.2 Å². The minimum absolute atomic E-state index is 0.0370. The van der Waals surface area contributed by atoms with Gasteiger partial charge in [0.15, 0.2) is 11.5 Å². The second kappa shape index (κ2) is 10.6. The number of anilines is 1. The number of rotatable bonds is 8. The topological polar surface area (TPSA) is 131 Å². The highest BCUT2D eigenvalue weighted by atomic mass is 79.9. The number of sulfone groups is 1. The summed E-state index contributed by atoms with van der Waals surface area (Å²) in [5.41, 5.74) is 1.26. The summed E-state index contributed by atoms with van der Waals surface area (Å²) < 4.78 is 34.7. The molecule has 0 unspecified atom stereocenters. The predicted octanol–water partition coefficient (Wildman–Crippen LogP) is 3.84. The van der Waals surface area contributed by atoms with E-state index in [4.69, 9.17) is 9.47 Å². The van der Waals surface area contributed by atoms with E-state index in [-0.39, 0.29) is 15.0 Å². The van der Waals surface area contributed by atoms with Crippen molar-refractivity contribution >= 4 is 54.2 Å². The van der Waals surface area contributed by atoms with Gasteiger partial charge in [-0.3, -0.25) is 10.1 Å². The molecule has 2 aromatic carbocycles. The highest BCUT2D eigenvalue weighted by Gasteiger charge is 2.18. The van der Waals surface area contributed by atoms with Crippen LogP contribution in [0, 0.1) is 11.3 Å². The molecule has 0 saturated heterocycles. The number of amides is 1. The standard InChI is InChI=1S/C21H17BrN4O5S2/c1-30-17-10-14(9-16(22)18(17)31-12-13-6-4-3-5-7-13)8-15(11-23)19(27)24-20-25-26-21(32-20)33(2,28)29/h3-10H,12H2,1-2H3,(H,24,25,27)/b15-8-. The second-order valence-corrected chi connectivity index (χ2v) is 10.6. The molecule has 0 bridgehead atoms. The van der Waals surface area contributed by atoms with Gasteiger partial charge in [0.05, 0.1) is 11.6 Å². The van der Waals surface area contributed by atoms with Gasteiger partial charge in [0.2, 0.25) is 19.3 Å². The molecule has 1 heterocycles. The molecule has 9 nitrogen and oxygen atoms in total. The van der Waals surface area contributed by atoms with Crippen LogP contribution in [0.5, 0.6) is 11.5 Å². The third-order valence-electron chi connectivity index (χ3n) is 4.10. The summed E-state index contributed by atoms with van der Waals surface area (Å²) in [7, 11) is -2.06. The lowest BCUT2D eigenvalue weighted by atomic mass is 10.1. The van der Waals surface area contributed by atoms with Crippen LogP contribution in [0.2, 0.25) is 0 Å². The van der Waals surface area contributed by atoms with E-state index in [0.717, 1.165) is 11.8 Å². The fourth-order valence-electron chi connectivity index (χ4n) is 2.58. The van der Waals surface area contributed by atoms with E-state index in [2.05, 4.69) is 31.4 Å². The molecule has 0 aliphatic rings. The van der Waals surface area contributed by atoms with E-state index in [1.54, 1.807) is 12.1 Å². The Morgan fingerprint density at radius 2 is 2.00 bits per heavy atom. The molecule has 0 spiro atoms. The van der Waals surface area contributed by atoms with Crippen molar-refractivity contribution in [3.05, 3.63) is 63.6 Å². The summed E-state index contributed by atoms with van der Waals surface area (Å²) in [4.78, 5) is 12.5. The van der Waals surface area contributed by atoms with Crippen LogP contribution in [-0.4, -0.2) is 37.9 Å². The summed E-state index contributed by atoms with van der Waals surface area (Å²) in [6.07, 6.45) is 2.35. The third kappa shape index (κ3) is 6.38. The van der Waals surface area contributed by atoms with E-state index < -0.39 is 15.7 Å². The molecule has 33 heavy (non-hydrogen) atoms. The molecule has 0 radical (unpaired) electrons. The maximum atomic E-state index is 12.5. The van der Waals surface area contributed by atoms with Gasteiger partial charge >= 0.3 is 0 Å². The molecule has 3 aromatic rings. The first kappa shape index (κ1) is 24.4. The van der Waals surface area contributed by atoms with Gasteiger partial charge in [-0.2, -0.15) is 5.26 Å². The normalized spacial score (nSPS) is 11.5. The lowest BCUT2D eigenvalue weighted by molar-refractivity contribution is -0.112. The highest BCUT2D eigenvalue weighted by molar-refractivity contribution is 9.10. The van der Waals surface area contributed by atoms with Gasteiger partial charge in [0.25, 0.3) is 5.91 Å². The van der Waals surface area contributed by atoms with Crippen molar-refractivity contribution in [3.63, 3.8) is 0 Å². The van der Waals surface area contributed by atoms with Gasteiger partial charge in [0.1, 0.15) is 18.2 Å². The Morgan fingerprint density at radius 3 is 2.61 bits per heavy atom. The Morgan fingerprint density at radius 1 is 1.27 bits per heavy atom. The van der Waals surface area contributed by atoms with Gasteiger partial charge in [-0.1, -0.05) is 41.7 Å².